The molecule has 0 bridgehead atoms. The summed E-state index contributed by atoms with van der Waals surface area (Å²) in [6.07, 6.45) is 2.33. The molecular weight excluding hydrogens is 264 g/mol. The van der Waals surface area contributed by atoms with Crippen molar-refractivity contribution in [1.82, 2.24) is 0 Å². The van der Waals surface area contributed by atoms with Gasteiger partial charge in [-0.3, -0.25) is 0 Å². The summed E-state index contributed by atoms with van der Waals surface area (Å²) in [7, 11) is 1.55. The van der Waals surface area contributed by atoms with Gasteiger partial charge in [0, 0.05) is 30.5 Å². The fraction of sp³-hybridized carbons (Fsp3) is 0.294. The minimum absolute atomic E-state index is 0.149. The van der Waals surface area contributed by atoms with Crippen LogP contribution < -0.4 is 15.4 Å². The van der Waals surface area contributed by atoms with Gasteiger partial charge in [0.05, 0.1) is 7.11 Å². The SMILES string of the molecule is COc1ccc(NCc2cccc3c2NCCC3)cc1O. The number of hydrogen-bond acceptors (Lipinski definition) is 4. The molecule has 0 fully saturated rings. The van der Waals surface area contributed by atoms with Crippen LogP contribution in [0, 0.1) is 0 Å². The van der Waals surface area contributed by atoms with E-state index in [1.807, 2.05) is 6.07 Å². The van der Waals surface area contributed by atoms with Crippen molar-refractivity contribution in [3.05, 3.63) is 47.5 Å². The number of phenolic OH excluding ortho intramolecular Hbond substituents is 1. The molecule has 1 heterocycles. The Bertz CT molecular complexity index is 641. The van der Waals surface area contributed by atoms with Crippen LogP contribution in [0.4, 0.5) is 11.4 Å². The van der Waals surface area contributed by atoms with Crippen LogP contribution in [0.15, 0.2) is 36.4 Å². The molecule has 3 N–H and O–H groups in total. The lowest BCUT2D eigenvalue weighted by Gasteiger charge is -2.21. The van der Waals surface area contributed by atoms with Crippen molar-refractivity contribution < 1.29 is 9.84 Å². The van der Waals surface area contributed by atoms with Crippen LogP contribution >= 0.6 is 0 Å². The van der Waals surface area contributed by atoms with Crippen molar-refractivity contribution in [2.24, 2.45) is 0 Å². The van der Waals surface area contributed by atoms with Crippen molar-refractivity contribution >= 4 is 11.4 Å². The molecule has 0 aromatic heterocycles. The largest absolute Gasteiger partial charge is 0.504 e. The summed E-state index contributed by atoms with van der Waals surface area (Å²) in [5.74, 6) is 0.634. The minimum atomic E-state index is 0.149. The average molecular weight is 284 g/mol. The molecule has 1 aliphatic heterocycles. The lowest BCUT2D eigenvalue weighted by molar-refractivity contribution is 0.373. The second-order valence-corrected chi connectivity index (χ2v) is 5.22. The van der Waals surface area contributed by atoms with Crippen molar-refractivity contribution in [2.75, 3.05) is 24.3 Å². The van der Waals surface area contributed by atoms with E-state index in [1.165, 1.54) is 23.2 Å². The standard InChI is InChI=1S/C17H20N2O2/c1-21-16-8-7-14(10-15(16)20)19-11-13-5-2-4-12-6-3-9-18-17(12)13/h2,4-5,7-8,10,18-20H,3,6,9,11H2,1H3. The Balaban J connectivity index is 1.75. The number of nitrogens with one attached hydrogen (secondary N) is 2. The van der Waals surface area contributed by atoms with E-state index in [9.17, 15) is 5.11 Å². The van der Waals surface area contributed by atoms with Crippen LogP contribution in [0.5, 0.6) is 11.5 Å². The van der Waals surface area contributed by atoms with Gasteiger partial charge in [0.2, 0.25) is 0 Å². The summed E-state index contributed by atoms with van der Waals surface area (Å²) in [5, 5.41) is 16.6. The van der Waals surface area contributed by atoms with Crippen molar-refractivity contribution in [1.29, 1.82) is 0 Å². The van der Waals surface area contributed by atoms with E-state index >= 15 is 0 Å². The Hall–Kier alpha value is -2.36. The van der Waals surface area contributed by atoms with E-state index in [-0.39, 0.29) is 5.75 Å². The molecule has 0 saturated heterocycles. The minimum Gasteiger partial charge on any atom is -0.504 e. The molecule has 2 aromatic rings. The molecule has 110 valence electrons. The lowest BCUT2D eigenvalue weighted by Crippen LogP contribution is -2.14. The average Bonchev–Trinajstić information content (AvgIpc) is 2.53. The molecular formula is C17H20N2O2. The zero-order valence-corrected chi connectivity index (χ0v) is 12.1. The number of hydrogen-bond donors (Lipinski definition) is 3. The molecule has 1 aliphatic rings. The van der Waals surface area contributed by atoms with E-state index < -0.39 is 0 Å². The highest BCUT2D eigenvalue weighted by Crippen LogP contribution is 2.30. The Morgan fingerprint density at radius 3 is 3.00 bits per heavy atom. The first-order valence-corrected chi connectivity index (χ1v) is 7.23. The summed E-state index contributed by atoms with van der Waals surface area (Å²) in [6, 6.07) is 11.8. The molecule has 0 unspecified atom stereocenters. The molecule has 0 saturated carbocycles. The Morgan fingerprint density at radius 1 is 1.29 bits per heavy atom. The summed E-state index contributed by atoms with van der Waals surface area (Å²) < 4.78 is 5.05. The van der Waals surface area contributed by atoms with Gasteiger partial charge in [-0.15, -0.1) is 0 Å². The molecule has 0 spiro atoms. The quantitative estimate of drug-likeness (QED) is 0.805. The van der Waals surface area contributed by atoms with Gasteiger partial charge in [-0.1, -0.05) is 18.2 Å². The molecule has 0 radical (unpaired) electrons. The van der Waals surface area contributed by atoms with Gasteiger partial charge in [-0.2, -0.15) is 0 Å². The maximum atomic E-state index is 9.80. The summed E-state index contributed by atoms with van der Waals surface area (Å²) >= 11 is 0. The van der Waals surface area contributed by atoms with Crippen LogP contribution in [0.3, 0.4) is 0 Å². The van der Waals surface area contributed by atoms with Crippen LogP contribution in [-0.4, -0.2) is 18.8 Å². The third-order valence-corrected chi connectivity index (χ3v) is 3.82. The molecule has 0 aliphatic carbocycles. The number of methoxy groups -OCH3 is 1. The Kier molecular flexibility index (Phi) is 3.86. The zero-order valence-electron chi connectivity index (χ0n) is 12.1. The van der Waals surface area contributed by atoms with Crippen LogP contribution in [0.25, 0.3) is 0 Å². The van der Waals surface area contributed by atoms with E-state index in [4.69, 9.17) is 4.74 Å². The van der Waals surface area contributed by atoms with Crippen molar-refractivity contribution in [2.45, 2.75) is 19.4 Å². The lowest BCUT2D eigenvalue weighted by atomic mass is 9.99. The summed E-state index contributed by atoms with van der Waals surface area (Å²) in [4.78, 5) is 0. The highest BCUT2D eigenvalue weighted by molar-refractivity contribution is 5.61. The number of ether oxygens (including phenoxy) is 1. The predicted molar refractivity (Wildman–Crippen MR) is 85.2 cm³/mol. The first-order chi connectivity index (χ1) is 10.3. The molecule has 0 atom stereocenters. The van der Waals surface area contributed by atoms with Crippen LogP contribution in [0.1, 0.15) is 17.5 Å². The van der Waals surface area contributed by atoms with E-state index in [2.05, 4.69) is 28.8 Å². The summed E-state index contributed by atoms with van der Waals surface area (Å²) in [6.45, 7) is 1.76. The smallest absolute Gasteiger partial charge is 0.160 e. The third-order valence-electron chi connectivity index (χ3n) is 3.82. The maximum absolute atomic E-state index is 9.80. The number of aromatic hydroxyl groups is 1. The predicted octanol–water partition coefficient (Wildman–Crippen LogP) is 3.37. The number of fused-ring (bicyclic) bond motifs is 1. The first kappa shape index (κ1) is 13.6. The molecule has 4 nitrogen and oxygen atoms in total. The number of anilines is 2. The second-order valence-electron chi connectivity index (χ2n) is 5.22. The number of phenols is 1. The van der Waals surface area contributed by atoms with Gasteiger partial charge in [-0.25, -0.2) is 0 Å². The van der Waals surface area contributed by atoms with E-state index in [1.54, 1.807) is 19.2 Å². The van der Waals surface area contributed by atoms with Gasteiger partial charge >= 0.3 is 0 Å². The normalized spacial score (nSPS) is 13.2. The molecule has 2 aromatic carbocycles. The van der Waals surface area contributed by atoms with Gasteiger partial charge in [0.15, 0.2) is 11.5 Å². The fourth-order valence-corrected chi connectivity index (χ4v) is 2.73. The second kappa shape index (κ2) is 5.95. The topological polar surface area (TPSA) is 53.5 Å². The van der Waals surface area contributed by atoms with Gasteiger partial charge in [-0.05, 0) is 36.1 Å². The number of benzene rings is 2. The van der Waals surface area contributed by atoms with Gasteiger partial charge in [0.25, 0.3) is 0 Å². The summed E-state index contributed by atoms with van der Waals surface area (Å²) in [5.41, 5.74) is 4.77. The first-order valence-electron chi connectivity index (χ1n) is 7.23. The zero-order chi connectivity index (χ0) is 14.7. The number of aryl methyl sites for hydroxylation is 1. The van der Waals surface area contributed by atoms with Crippen LogP contribution in [0.2, 0.25) is 0 Å². The van der Waals surface area contributed by atoms with E-state index in [0.29, 0.717) is 5.75 Å². The molecule has 0 amide bonds. The number of para-hydroxylation sites is 1. The van der Waals surface area contributed by atoms with Crippen molar-refractivity contribution in [3.8, 4) is 11.5 Å². The van der Waals surface area contributed by atoms with E-state index in [0.717, 1.165) is 25.2 Å². The Labute approximate surface area is 124 Å². The van der Waals surface area contributed by atoms with Gasteiger partial charge < -0.3 is 20.5 Å². The molecule has 21 heavy (non-hydrogen) atoms. The Morgan fingerprint density at radius 2 is 2.19 bits per heavy atom. The third kappa shape index (κ3) is 2.89. The molecule has 4 heteroatoms. The highest BCUT2D eigenvalue weighted by atomic mass is 16.5. The monoisotopic (exact) mass is 284 g/mol. The molecule has 3 rings (SSSR count). The maximum Gasteiger partial charge on any atom is 0.160 e. The van der Waals surface area contributed by atoms with Crippen molar-refractivity contribution in [3.63, 3.8) is 0 Å². The highest BCUT2D eigenvalue weighted by Gasteiger charge is 2.12. The van der Waals surface area contributed by atoms with Crippen LogP contribution in [-0.2, 0) is 13.0 Å². The van der Waals surface area contributed by atoms with Gasteiger partial charge in [0.1, 0.15) is 0 Å². The fourth-order valence-electron chi connectivity index (χ4n) is 2.73. The number of rotatable bonds is 4.